The minimum atomic E-state index is -4.38. The van der Waals surface area contributed by atoms with Crippen LogP contribution in [0.5, 0.6) is 0 Å². The molecule has 0 saturated heterocycles. The molecule has 0 heterocycles. The number of rotatable bonds is 45. The van der Waals surface area contributed by atoms with E-state index in [0.717, 1.165) is 57.8 Å². The van der Waals surface area contributed by atoms with Crippen LogP contribution in [0.15, 0.2) is 24.3 Å². The number of carbonyl (C=O) groups excluding carboxylic acids is 2. The number of ether oxygens (including phenoxy) is 2. The molecule has 0 rings (SSSR count). The predicted octanol–water partition coefficient (Wildman–Crippen LogP) is 13.9. The average Bonchev–Trinajstić information content (AvgIpc) is 3.20. The Bertz CT molecular complexity index is 990. The standard InChI is InChI=1S/C47H90NO8P/c1-3-5-7-9-11-13-15-17-19-20-21-22-23-24-26-28-30-32-34-36-38-40-47(50)56-45(44-55-57(51,52)54-42-41-48)43-53-46(49)39-37-35-33-31-29-27-25-18-16-14-12-10-8-6-4-2/h12,14,18,25,45H,3-11,13,15-17,19-24,26-44,48H2,1-2H3,(H,51,52)/t45-/m1/s1. The van der Waals surface area contributed by atoms with Crippen LogP contribution in [0.4, 0.5) is 0 Å². The second-order valence-electron chi connectivity index (χ2n) is 16.0. The van der Waals surface area contributed by atoms with Crippen molar-refractivity contribution in [1.29, 1.82) is 0 Å². The van der Waals surface area contributed by atoms with Gasteiger partial charge in [-0.2, -0.15) is 0 Å². The highest BCUT2D eigenvalue weighted by Crippen LogP contribution is 2.43. The van der Waals surface area contributed by atoms with Crippen LogP contribution in [0.1, 0.15) is 232 Å². The van der Waals surface area contributed by atoms with Crippen molar-refractivity contribution >= 4 is 19.8 Å². The Morgan fingerprint density at radius 2 is 0.912 bits per heavy atom. The Hall–Kier alpha value is -1.51. The minimum absolute atomic E-state index is 0.0532. The van der Waals surface area contributed by atoms with Crippen molar-refractivity contribution in [2.75, 3.05) is 26.4 Å². The lowest BCUT2D eigenvalue weighted by Crippen LogP contribution is -2.29. The second-order valence-corrected chi connectivity index (χ2v) is 17.4. The summed E-state index contributed by atoms with van der Waals surface area (Å²) in [6.45, 7) is 3.73. The maximum absolute atomic E-state index is 12.6. The highest BCUT2D eigenvalue weighted by Gasteiger charge is 2.26. The van der Waals surface area contributed by atoms with Crippen molar-refractivity contribution in [2.45, 2.75) is 238 Å². The minimum Gasteiger partial charge on any atom is -0.462 e. The zero-order valence-electron chi connectivity index (χ0n) is 37.1. The Morgan fingerprint density at radius 3 is 1.37 bits per heavy atom. The third kappa shape index (κ3) is 43.9. The molecule has 0 amide bonds. The van der Waals surface area contributed by atoms with Crippen LogP contribution in [0.25, 0.3) is 0 Å². The van der Waals surface area contributed by atoms with E-state index in [1.54, 1.807) is 0 Å². The van der Waals surface area contributed by atoms with E-state index >= 15 is 0 Å². The smallest absolute Gasteiger partial charge is 0.462 e. The summed E-state index contributed by atoms with van der Waals surface area (Å²) in [5, 5.41) is 0. The van der Waals surface area contributed by atoms with E-state index in [9.17, 15) is 19.0 Å². The van der Waals surface area contributed by atoms with Gasteiger partial charge >= 0.3 is 19.8 Å². The molecular formula is C47H90NO8P. The summed E-state index contributed by atoms with van der Waals surface area (Å²) in [7, 11) is -4.38. The second kappa shape index (κ2) is 44.1. The molecule has 9 nitrogen and oxygen atoms in total. The van der Waals surface area contributed by atoms with Crippen LogP contribution in [-0.2, 0) is 32.7 Å². The van der Waals surface area contributed by atoms with Crippen LogP contribution in [-0.4, -0.2) is 49.3 Å². The number of hydrogen-bond donors (Lipinski definition) is 2. The molecule has 0 radical (unpaired) electrons. The molecule has 0 bridgehead atoms. The number of hydrogen-bond acceptors (Lipinski definition) is 8. The van der Waals surface area contributed by atoms with Gasteiger partial charge in [0.25, 0.3) is 0 Å². The highest BCUT2D eigenvalue weighted by atomic mass is 31.2. The molecule has 0 aliphatic heterocycles. The van der Waals surface area contributed by atoms with Gasteiger partial charge in [0.05, 0.1) is 13.2 Å². The molecule has 1 unspecified atom stereocenters. The van der Waals surface area contributed by atoms with E-state index in [1.807, 2.05) is 0 Å². The number of esters is 2. The van der Waals surface area contributed by atoms with E-state index in [-0.39, 0.29) is 32.6 Å². The van der Waals surface area contributed by atoms with Crippen molar-refractivity contribution in [3.8, 4) is 0 Å². The van der Waals surface area contributed by atoms with Gasteiger partial charge < -0.3 is 20.1 Å². The lowest BCUT2D eigenvalue weighted by atomic mass is 10.0. The summed E-state index contributed by atoms with van der Waals surface area (Å²) in [4.78, 5) is 34.9. The van der Waals surface area contributed by atoms with Gasteiger partial charge in [0, 0.05) is 19.4 Å². The first kappa shape index (κ1) is 55.5. The van der Waals surface area contributed by atoms with Crippen LogP contribution in [0.2, 0.25) is 0 Å². The van der Waals surface area contributed by atoms with E-state index < -0.39 is 32.5 Å². The van der Waals surface area contributed by atoms with Gasteiger partial charge in [-0.05, 0) is 44.9 Å². The van der Waals surface area contributed by atoms with Crippen molar-refractivity contribution in [2.24, 2.45) is 5.73 Å². The Kier molecular flexibility index (Phi) is 42.9. The van der Waals surface area contributed by atoms with Crippen LogP contribution in [0, 0.1) is 0 Å². The monoisotopic (exact) mass is 828 g/mol. The number of carbonyl (C=O) groups is 2. The molecule has 10 heteroatoms. The van der Waals surface area contributed by atoms with Gasteiger partial charge in [0.2, 0.25) is 0 Å². The number of nitrogens with two attached hydrogens (primary N) is 1. The van der Waals surface area contributed by atoms with Gasteiger partial charge in [-0.1, -0.05) is 199 Å². The molecule has 0 spiro atoms. The largest absolute Gasteiger partial charge is 0.472 e. The topological polar surface area (TPSA) is 134 Å². The summed E-state index contributed by atoms with van der Waals surface area (Å²) in [6.07, 6.45) is 47.8. The molecule has 0 aromatic heterocycles. The summed E-state index contributed by atoms with van der Waals surface area (Å²) < 4.78 is 32.8. The zero-order valence-corrected chi connectivity index (χ0v) is 38.0. The van der Waals surface area contributed by atoms with Gasteiger partial charge in [-0.3, -0.25) is 18.6 Å². The lowest BCUT2D eigenvalue weighted by Gasteiger charge is -2.19. The summed E-state index contributed by atoms with van der Waals surface area (Å²) in [6, 6.07) is 0. The van der Waals surface area contributed by atoms with Gasteiger partial charge in [-0.25, -0.2) is 4.57 Å². The maximum Gasteiger partial charge on any atom is 0.472 e. The molecule has 2 atom stereocenters. The van der Waals surface area contributed by atoms with Crippen molar-refractivity contribution in [1.82, 2.24) is 0 Å². The first-order chi connectivity index (χ1) is 27.8. The Labute approximate surface area is 351 Å². The fraction of sp³-hybridized carbons (Fsp3) is 0.872. The molecule has 0 aliphatic carbocycles. The molecule has 0 aromatic rings. The van der Waals surface area contributed by atoms with E-state index in [0.29, 0.717) is 6.42 Å². The quantitative estimate of drug-likeness (QED) is 0.0266. The lowest BCUT2D eigenvalue weighted by molar-refractivity contribution is -0.161. The SMILES string of the molecule is CCCCCC=CCC=CCCCCCCCC(=O)OC[C@H](COP(=O)(O)OCCN)OC(=O)CCCCCCCCCCCCCCCCCCCCCCC. The zero-order chi connectivity index (χ0) is 41.8. The van der Waals surface area contributed by atoms with Crippen LogP contribution >= 0.6 is 7.82 Å². The van der Waals surface area contributed by atoms with Crippen molar-refractivity contribution in [3.63, 3.8) is 0 Å². The van der Waals surface area contributed by atoms with Gasteiger partial charge in [0.15, 0.2) is 6.10 Å². The van der Waals surface area contributed by atoms with Crippen LogP contribution in [0.3, 0.4) is 0 Å². The average molecular weight is 828 g/mol. The first-order valence-electron chi connectivity index (χ1n) is 23.8. The molecule has 0 saturated carbocycles. The molecular weight excluding hydrogens is 737 g/mol. The van der Waals surface area contributed by atoms with Crippen molar-refractivity contribution < 1.29 is 37.6 Å². The first-order valence-corrected chi connectivity index (χ1v) is 25.3. The molecule has 3 N–H and O–H groups in total. The summed E-state index contributed by atoms with van der Waals surface area (Å²) >= 11 is 0. The fourth-order valence-electron chi connectivity index (χ4n) is 6.78. The maximum atomic E-state index is 12.6. The summed E-state index contributed by atoms with van der Waals surface area (Å²) in [5.41, 5.74) is 5.36. The van der Waals surface area contributed by atoms with Crippen LogP contribution < -0.4 is 5.73 Å². The predicted molar refractivity (Wildman–Crippen MR) is 238 cm³/mol. The van der Waals surface area contributed by atoms with E-state index in [2.05, 4.69) is 38.2 Å². The molecule has 57 heavy (non-hydrogen) atoms. The normalized spacial score (nSPS) is 13.4. The highest BCUT2D eigenvalue weighted by molar-refractivity contribution is 7.47. The third-order valence-electron chi connectivity index (χ3n) is 10.3. The number of phosphoric acid groups is 1. The third-order valence-corrected chi connectivity index (χ3v) is 11.3. The fourth-order valence-corrected chi connectivity index (χ4v) is 7.55. The number of allylic oxidation sites excluding steroid dienone is 4. The van der Waals surface area contributed by atoms with Gasteiger partial charge in [-0.15, -0.1) is 0 Å². The van der Waals surface area contributed by atoms with E-state index in [4.69, 9.17) is 24.3 Å². The number of phosphoric ester groups is 1. The molecule has 0 aromatic carbocycles. The summed E-state index contributed by atoms with van der Waals surface area (Å²) in [5.74, 6) is -0.834. The van der Waals surface area contributed by atoms with Gasteiger partial charge in [0.1, 0.15) is 6.61 Å². The molecule has 0 aliphatic rings. The Morgan fingerprint density at radius 1 is 0.526 bits per heavy atom. The molecule has 336 valence electrons. The van der Waals surface area contributed by atoms with E-state index in [1.165, 1.54) is 141 Å². The van der Waals surface area contributed by atoms with Crippen molar-refractivity contribution in [3.05, 3.63) is 24.3 Å². The molecule has 0 fully saturated rings. The Balaban J connectivity index is 4.06. The number of unbranched alkanes of at least 4 members (excludes halogenated alkanes) is 28.